The van der Waals surface area contributed by atoms with Crippen molar-refractivity contribution in [2.24, 2.45) is 7.05 Å². The highest BCUT2D eigenvalue weighted by atomic mass is 16.5. The number of nitrogens with zero attached hydrogens (tertiary/aromatic N) is 3. The normalized spacial score (nSPS) is 10.1. The Hall–Kier alpha value is -1.84. The van der Waals surface area contributed by atoms with Crippen molar-refractivity contribution < 1.29 is 4.74 Å². The lowest BCUT2D eigenvalue weighted by Crippen LogP contribution is -1.94. The molecule has 0 atom stereocenters. The summed E-state index contributed by atoms with van der Waals surface area (Å²) in [5.74, 6) is 0.727. The summed E-state index contributed by atoms with van der Waals surface area (Å²) < 4.78 is 6.80. The molecule has 4 heteroatoms. The standard InChI is InChI=1S/C10H11N3O/c1-13-10(14-2)7-9(12-13)8-5-3-4-6-11-8/h3-7H,1-2H3. The maximum Gasteiger partial charge on any atom is 0.211 e. The number of hydrogen-bond acceptors (Lipinski definition) is 3. The SMILES string of the molecule is COc1cc(-c2ccccn2)nn1C. The molecule has 0 bridgehead atoms. The van der Waals surface area contributed by atoms with Crippen molar-refractivity contribution in [3.05, 3.63) is 30.5 Å². The van der Waals surface area contributed by atoms with E-state index in [1.165, 1.54) is 0 Å². The summed E-state index contributed by atoms with van der Waals surface area (Å²) in [5, 5.41) is 4.28. The van der Waals surface area contributed by atoms with Gasteiger partial charge in [0.25, 0.3) is 0 Å². The molecule has 0 fully saturated rings. The first kappa shape index (κ1) is 8.74. The molecule has 2 aromatic heterocycles. The second-order valence-corrected chi connectivity index (χ2v) is 2.91. The highest BCUT2D eigenvalue weighted by Crippen LogP contribution is 2.19. The first-order chi connectivity index (χ1) is 6.81. The zero-order valence-corrected chi connectivity index (χ0v) is 8.14. The minimum Gasteiger partial charge on any atom is -0.481 e. The fourth-order valence-electron chi connectivity index (χ4n) is 1.28. The molecule has 0 aliphatic heterocycles. The third kappa shape index (κ3) is 1.46. The minimum atomic E-state index is 0.727. The summed E-state index contributed by atoms with van der Waals surface area (Å²) in [6.07, 6.45) is 1.75. The van der Waals surface area contributed by atoms with Crippen LogP contribution in [0.25, 0.3) is 11.4 Å². The lowest BCUT2D eigenvalue weighted by Gasteiger charge is -1.95. The Morgan fingerprint density at radius 1 is 1.29 bits per heavy atom. The molecule has 0 saturated heterocycles. The highest BCUT2D eigenvalue weighted by molar-refractivity contribution is 5.54. The minimum absolute atomic E-state index is 0.727. The lowest BCUT2D eigenvalue weighted by molar-refractivity contribution is 0.373. The van der Waals surface area contributed by atoms with Crippen molar-refractivity contribution >= 4 is 0 Å². The molecule has 0 radical (unpaired) electrons. The topological polar surface area (TPSA) is 39.9 Å². The van der Waals surface area contributed by atoms with Crippen LogP contribution in [0.1, 0.15) is 0 Å². The van der Waals surface area contributed by atoms with Gasteiger partial charge in [0.2, 0.25) is 5.88 Å². The maximum atomic E-state index is 5.12. The fraction of sp³-hybridized carbons (Fsp3) is 0.200. The van der Waals surface area contributed by atoms with Gasteiger partial charge < -0.3 is 4.74 Å². The Labute approximate surface area is 82.2 Å². The van der Waals surface area contributed by atoms with Gasteiger partial charge in [0.1, 0.15) is 5.69 Å². The van der Waals surface area contributed by atoms with Crippen LogP contribution >= 0.6 is 0 Å². The Morgan fingerprint density at radius 2 is 2.14 bits per heavy atom. The van der Waals surface area contributed by atoms with Crippen molar-refractivity contribution in [1.82, 2.24) is 14.8 Å². The van der Waals surface area contributed by atoms with Crippen LogP contribution in [-0.2, 0) is 7.05 Å². The van der Waals surface area contributed by atoms with Gasteiger partial charge in [-0.1, -0.05) is 6.07 Å². The first-order valence-corrected chi connectivity index (χ1v) is 4.30. The molecule has 0 aliphatic rings. The van der Waals surface area contributed by atoms with Gasteiger partial charge in [0, 0.05) is 19.3 Å². The second-order valence-electron chi connectivity index (χ2n) is 2.91. The summed E-state index contributed by atoms with van der Waals surface area (Å²) in [5.41, 5.74) is 1.68. The van der Waals surface area contributed by atoms with Gasteiger partial charge in [0.15, 0.2) is 0 Å². The average Bonchev–Trinajstić information content (AvgIpc) is 2.61. The molecule has 2 heterocycles. The van der Waals surface area contributed by atoms with Crippen LogP contribution in [-0.4, -0.2) is 21.9 Å². The summed E-state index contributed by atoms with van der Waals surface area (Å²) in [7, 11) is 3.46. The molecule has 0 N–H and O–H groups in total. The van der Waals surface area contributed by atoms with E-state index in [9.17, 15) is 0 Å². The zero-order valence-electron chi connectivity index (χ0n) is 8.14. The van der Waals surface area contributed by atoms with E-state index in [1.807, 2.05) is 31.3 Å². The van der Waals surface area contributed by atoms with E-state index in [0.29, 0.717) is 0 Å². The fourth-order valence-corrected chi connectivity index (χ4v) is 1.28. The predicted molar refractivity (Wildman–Crippen MR) is 53.0 cm³/mol. The van der Waals surface area contributed by atoms with E-state index in [0.717, 1.165) is 17.3 Å². The van der Waals surface area contributed by atoms with Gasteiger partial charge in [-0.15, -0.1) is 0 Å². The van der Waals surface area contributed by atoms with Gasteiger partial charge in [-0.3, -0.25) is 4.98 Å². The number of hydrogen-bond donors (Lipinski definition) is 0. The van der Waals surface area contributed by atoms with Gasteiger partial charge in [-0.25, -0.2) is 4.68 Å². The molecule has 0 aromatic carbocycles. The summed E-state index contributed by atoms with van der Waals surface area (Å²) >= 11 is 0. The van der Waals surface area contributed by atoms with Crippen LogP contribution in [0.3, 0.4) is 0 Å². The number of ether oxygens (including phenoxy) is 1. The van der Waals surface area contributed by atoms with Crippen molar-refractivity contribution in [3.8, 4) is 17.3 Å². The molecule has 0 saturated carbocycles. The van der Waals surface area contributed by atoms with Crippen molar-refractivity contribution in [2.45, 2.75) is 0 Å². The first-order valence-electron chi connectivity index (χ1n) is 4.30. The van der Waals surface area contributed by atoms with Crippen LogP contribution < -0.4 is 4.74 Å². The Bertz CT molecular complexity index is 422. The molecule has 0 amide bonds. The van der Waals surface area contributed by atoms with Crippen molar-refractivity contribution in [3.63, 3.8) is 0 Å². The smallest absolute Gasteiger partial charge is 0.211 e. The zero-order chi connectivity index (χ0) is 9.97. The molecule has 14 heavy (non-hydrogen) atoms. The molecule has 0 unspecified atom stereocenters. The van der Waals surface area contributed by atoms with E-state index < -0.39 is 0 Å². The van der Waals surface area contributed by atoms with E-state index in [2.05, 4.69) is 10.1 Å². The Morgan fingerprint density at radius 3 is 2.71 bits per heavy atom. The van der Waals surface area contributed by atoms with Gasteiger partial charge in [-0.05, 0) is 12.1 Å². The Kier molecular flexibility index (Phi) is 2.18. The monoisotopic (exact) mass is 189 g/mol. The molecule has 2 aromatic rings. The maximum absolute atomic E-state index is 5.12. The molecule has 72 valence electrons. The highest BCUT2D eigenvalue weighted by Gasteiger charge is 2.06. The van der Waals surface area contributed by atoms with Gasteiger partial charge >= 0.3 is 0 Å². The number of methoxy groups -OCH3 is 1. The number of rotatable bonds is 2. The largest absolute Gasteiger partial charge is 0.481 e. The van der Waals surface area contributed by atoms with Crippen molar-refractivity contribution in [1.29, 1.82) is 0 Å². The third-order valence-electron chi connectivity index (χ3n) is 1.97. The summed E-state index contributed by atoms with van der Waals surface area (Å²) in [6.45, 7) is 0. The molecule has 4 nitrogen and oxygen atoms in total. The molecular weight excluding hydrogens is 178 g/mol. The van der Waals surface area contributed by atoms with Gasteiger partial charge in [-0.2, -0.15) is 5.10 Å². The van der Waals surface area contributed by atoms with E-state index in [-0.39, 0.29) is 0 Å². The lowest BCUT2D eigenvalue weighted by atomic mass is 10.3. The number of pyridine rings is 1. The number of aryl methyl sites for hydroxylation is 1. The predicted octanol–water partition coefficient (Wildman–Crippen LogP) is 1.49. The van der Waals surface area contributed by atoms with E-state index in [4.69, 9.17) is 4.74 Å². The molecular formula is C10H11N3O. The van der Waals surface area contributed by atoms with E-state index in [1.54, 1.807) is 18.0 Å². The second kappa shape index (κ2) is 3.49. The average molecular weight is 189 g/mol. The summed E-state index contributed by atoms with van der Waals surface area (Å²) in [4.78, 5) is 4.21. The van der Waals surface area contributed by atoms with Crippen molar-refractivity contribution in [2.75, 3.05) is 7.11 Å². The third-order valence-corrected chi connectivity index (χ3v) is 1.97. The van der Waals surface area contributed by atoms with Crippen LogP contribution in [0.15, 0.2) is 30.5 Å². The molecule has 0 spiro atoms. The number of aromatic nitrogens is 3. The molecule has 0 aliphatic carbocycles. The van der Waals surface area contributed by atoms with Gasteiger partial charge in [0.05, 0.1) is 12.8 Å². The van der Waals surface area contributed by atoms with Crippen LogP contribution in [0, 0.1) is 0 Å². The van der Waals surface area contributed by atoms with Crippen LogP contribution in [0.2, 0.25) is 0 Å². The summed E-state index contributed by atoms with van der Waals surface area (Å²) in [6, 6.07) is 7.59. The quantitative estimate of drug-likeness (QED) is 0.718. The Balaban J connectivity index is 2.43. The molecule has 2 rings (SSSR count). The van der Waals surface area contributed by atoms with Crippen LogP contribution in [0.5, 0.6) is 5.88 Å². The van der Waals surface area contributed by atoms with E-state index >= 15 is 0 Å². The van der Waals surface area contributed by atoms with Crippen LogP contribution in [0.4, 0.5) is 0 Å².